The number of ether oxygens (including phenoxy) is 1. The maximum atomic E-state index is 14.4. The van der Waals surface area contributed by atoms with Crippen molar-refractivity contribution in [2.24, 2.45) is 23.2 Å². The van der Waals surface area contributed by atoms with E-state index in [1.807, 2.05) is 41.3 Å². The lowest BCUT2D eigenvalue weighted by Gasteiger charge is -2.59. The summed E-state index contributed by atoms with van der Waals surface area (Å²) < 4.78 is 7.99. The van der Waals surface area contributed by atoms with Crippen molar-refractivity contribution in [1.29, 1.82) is 0 Å². The van der Waals surface area contributed by atoms with Crippen molar-refractivity contribution in [2.75, 3.05) is 13.1 Å². The van der Waals surface area contributed by atoms with Gasteiger partial charge in [0, 0.05) is 29.6 Å². The van der Waals surface area contributed by atoms with Gasteiger partial charge in [-0.25, -0.2) is 0 Å². The van der Waals surface area contributed by atoms with Crippen molar-refractivity contribution >= 4 is 28.7 Å². The molecule has 7 heteroatoms. The first-order valence-electron chi connectivity index (χ1n) is 17.9. The average Bonchev–Trinajstić information content (AvgIpc) is 3.39. The molecular weight excluding hydrogens is 598 g/mol. The Morgan fingerprint density at radius 3 is 2.10 bits per heavy atom. The van der Waals surface area contributed by atoms with Gasteiger partial charge in [-0.2, -0.15) is 0 Å². The maximum Gasteiger partial charge on any atom is 0.325 e. The van der Waals surface area contributed by atoms with Gasteiger partial charge in [0.15, 0.2) is 0 Å². The fourth-order valence-electron chi connectivity index (χ4n) is 10.9. The third-order valence-electron chi connectivity index (χ3n) is 12.3. The molecule has 5 fully saturated rings. The molecular formula is C41H43N3O4. The minimum atomic E-state index is -0.629. The summed E-state index contributed by atoms with van der Waals surface area (Å²) in [6.07, 6.45) is 9.17. The molecule has 4 bridgehead atoms. The van der Waals surface area contributed by atoms with Crippen molar-refractivity contribution in [3.05, 3.63) is 107 Å². The Hall–Kier alpha value is -4.39. The topological polar surface area (TPSA) is 71.9 Å². The molecule has 48 heavy (non-hydrogen) atoms. The summed E-state index contributed by atoms with van der Waals surface area (Å²) in [4.78, 5) is 45.2. The van der Waals surface area contributed by atoms with E-state index in [2.05, 4.69) is 53.1 Å². The molecule has 0 N–H and O–H groups in total. The highest BCUT2D eigenvalue weighted by Gasteiger charge is 2.55. The molecule has 7 nitrogen and oxygen atoms in total. The van der Waals surface area contributed by atoms with Gasteiger partial charge in [0.2, 0.25) is 11.8 Å². The second-order valence-corrected chi connectivity index (χ2v) is 15.5. The molecule has 246 valence electrons. The van der Waals surface area contributed by atoms with Crippen LogP contribution in [0.15, 0.2) is 84.9 Å². The van der Waals surface area contributed by atoms with Gasteiger partial charge < -0.3 is 19.1 Å². The Morgan fingerprint density at radius 1 is 0.792 bits per heavy atom. The second kappa shape index (κ2) is 11.6. The monoisotopic (exact) mass is 641 g/mol. The standard InChI is InChI=1S/C41H43N3O4/c45-37-24-42(25-38(46)48-26-28-11-5-2-6-12-28)40(47)35-18-33-32-13-7-8-14-34(32)43(23-27-9-3-1-4-10-27)39(33)36(44(35)37)22-41-19-29-15-30(20-41)17-31(16-29)21-41/h1-14,29-31,35-36H,15-26H2/t29?,30?,31?,35-,36+,41?/m0/s1. The third kappa shape index (κ3) is 5.13. The minimum absolute atomic E-state index is 0.0626. The van der Waals surface area contributed by atoms with E-state index in [0.717, 1.165) is 35.3 Å². The molecule has 4 aliphatic carbocycles. The summed E-state index contributed by atoms with van der Waals surface area (Å²) in [5, 5.41) is 1.17. The molecule has 0 spiro atoms. The minimum Gasteiger partial charge on any atom is -0.459 e. The quantitative estimate of drug-likeness (QED) is 0.202. The van der Waals surface area contributed by atoms with Gasteiger partial charge in [-0.1, -0.05) is 78.9 Å². The summed E-state index contributed by atoms with van der Waals surface area (Å²) in [5.41, 5.74) is 5.86. The van der Waals surface area contributed by atoms with E-state index in [1.165, 1.54) is 65.6 Å². The number of hydrogen-bond acceptors (Lipinski definition) is 4. The van der Waals surface area contributed by atoms with Crippen molar-refractivity contribution in [2.45, 2.75) is 76.6 Å². The van der Waals surface area contributed by atoms with Crippen LogP contribution in [0, 0.1) is 23.2 Å². The highest BCUT2D eigenvalue weighted by atomic mass is 16.5. The number of para-hydroxylation sites is 1. The van der Waals surface area contributed by atoms with Crippen LogP contribution in [0.1, 0.15) is 73.4 Å². The Kier molecular flexibility index (Phi) is 7.21. The number of carbonyl (C=O) groups is 3. The molecule has 10 rings (SSSR count). The van der Waals surface area contributed by atoms with Crippen molar-refractivity contribution in [3.8, 4) is 0 Å². The van der Waals surface area contributed by atoms with Crippen LogP contribution in [0.5, 0.6) is 0 Å². The van der Waals surface area contributed by atoms with Gasteiger partial charge in [-0.15, -0.1) is 0 Å². The lowest BCUT2D eigenvalue weighted by molar-refractivity contribution is -0.165. The van der Waals surface area contributed by atoms with Crippen molar-refractivity contribution < 1.29 is 19.1 Å². The van der Waals surface area contributed by atoms with Gasteiger partial charge in [0.05, 0.1) is 6.04 Å². The van der Waals surface area contributed by atoms with Gasteiger partial charge >= 0.3 is 5.97 Å². The molecule has 3 aromatic carbocycles. The number of aromatic nitrogens is 1. The zero-order chi connectivity index (χ0) is 32.4. The number of esters is 1. The molecule has 3 heterocycles. The summed E-state index contributed by atoms with van der Waals surface area (Å²) >= 11 is 0. The van der Waals surface area contributed by atoms with E-state index >= 15 is 0 Å². The Bertz CT molecular complexity index is 1850. The SMILES string of the molecule is O=C(CN1CC(=O)N2[C@H](CC34CC5CC(CC(C5)C3)C4)c3c(c4ccccc4n3Cc3ccccc3)C[C@H]2C1=O)OCc1ccccc1. The van der Waals surface area contributed by atoms with Gasteiger partial charge in [0.25, 0.3) is 0 Å². The second-order valence-electron chi connectivity index (χ2n) is 15.5. The van der Waals surface area contributed by atoms with E-state index < -0.39 is 12.0 Å². The van der Waals surface area contributed by atoms with Crippen LogP contribution in [-0.4, -0.2) is 51.3 Å². The van der Waals surface area contributed by atoms with Crippen LogP contribution in [0.4, 0.5) is 0 Å². The first-order chi connectivity index (χ1) is 23.4. The molecule has 0 unspecified atom stereocenters. The molecule has 1 saturated heterocycles. The van der Waals surface area contributed by atoms with E-state index in [4.69, 9.17) is 4.74 Å². The molecule has 0 radical (unpaired) electrons. The van der Waals surface area contributed by atoms with Crippen LogP contribution < -0.4 is 0 Å². The van der Waals surface area contributed by atoms with Crippen molar-refractivity contribution in [1.82, 2.24) is 14.4 Å². The van der Waals surface area contributed by atoms with Crippen LogP contribution in [0.2, 0.25) is 0 Å². The van der Waals surface area contributed by atoms with Crippen LogP contribution in [0.25, 0.3) is 10.9 Å². The van der Waals surface area contributed by atoms with Crippen molar-refractivity contribution in [3.63, 3.8) is 0 Å². The lowest BCUT2D eigenvalue weighted by atomic mass is 9.48. The predicted molar refractivity (Wildman–Crippen MR) is 183 cm³/mol. The first-order valence-corrected chi connectivity index (χ1v) is 17.9. The van der Waals surface area contributed by atoms with Crippen LogP contribution in [0.3, 0.4) is 0 Å². The Morgan fingerprint density at radius 2 is 1.42 bits per heavy atom. The number of fused-ring (bicyclic) bond motifs is 4. The van der Waals surface area contributed by atoms with Gasteiger partial charge in [0.1, 0.15) is 25.7 Å². The molecule has 1 aromatic heterocycles. The van der Waals surface area contributed by atoms with E-state index in [0.29, 0.717) is 13.0 Å². The summed E-state index contributed by atoms with van der Waals surface area (Å²) in [6, 6.07) is 27.8. The smallest absolute Gasteiger partial charge is 0.325 e. The van der Waals surface area contributed by atoms with E-state index in [9.17, 15) is 14.4 Å². The van der Waals surface area contributed by atoms with Gasteiger partial charge in [-0.3, -0.25) is 14.4 Å². The zero-order valence-corrected chi connectivity index (χ0v) is 27.4. The maximum absolute atomic E-state index is 14.4. The number of hydrogen-bond donors (Lipinski definition) is 0. The molecule has 2 atom stereocenters. The molecule has 6 aliphatic rings. The van der Waals surface area contributed by atoms with Crippen LogP contribution in [-0.2, 0) is 38.7 Å². The summed E-state index contributed by atoms with van der Waals surface area (Å²) in [7, 11) is 0. The lowest BCUT2D eigenvalue weighted by Crippen LogP contribution is -2.64. The number of rotatable bonds is 8. The molecule has 2 aliphatic heterocycles. The fourth-order valence-corrected chi connectivity index (χ4v) is 10.9. The average molecular weight is 642 g/mol. The van der Waals surface area contributed by atoms with Crippen LogP contribution >= 0.6 is 0 Å². The number of amides is 2. The number of piperazine rings is 1. The highest BCUT2D eigenvalue weighted by Crippen LogP contribution is 2.63. The zero-order valence-electron chi connectivity index (χ0n) is 27.4. The fraction of sp³-hybridized carbons (Fsp3) is 0.439. The first kappa shape index (κ1) is 29.7. The van der Waals surface area contributed by atoms with E-state index in [-0.39, 0.29) is 43.0 Å². The van der Waals surface area contributed by atoms with E-state index in [1.54, 1.807) is 0 Å². The normalized spacial score (nSPS) is 28.9. The Labute approximate surface area is 281 Å². The molecule has 4 aromatic rings. The predicted octanol–water partition coefficient (Wildman–Crippen LogP) is 6.68. The highest BCUT2D eigenvalue weighted by molar-refractivity contribution is 5.98. The van der Waals surface area contributed by atoms with Gasteiger partial charge in [-0.05, 0) is 90.9 Å². The largest absolute Gasteiger partial charge is 0.459 e. The number of benzene rings is 3. The molecule has 2 amide bonds. The summed E-state index contributed by atoms with van der Waals surface area (Å²) in [6.45, 7) is 0.544. The summed E-state index contributed by atoms with van der Waals surface area (Å²) in [5.74, 6) is 1.68. The number of nitrogens with zero attached hydrogens (tertiary/aromatic N) is 3. The molecule has 4 saturated carbocycles. The number of carbonyl (C=O) groups excluding carboxylic acids is 3. The third-order valence-corrected chi connectivity index (χ3v) is 12.3. The Balaban J connectivity index is 1.09.